The summed E-state index contributed by atoms with van der Waals surface area (Å²) in [5.41, 5.74) is 0.290. The first-order valence-electron chi connectivity index (χ1n) is 6.50. The molecule has 3 nitrogen and oxygen atoms in total. The molecule has 1 aromatic rings. The van der Waals surface area contributed by atoms with Crippen molar-refractivity contribution in [2.24, 2.45) is 0 Å². The smallest absolute Gasteiger partial charge is 0.116 e. The van der Waals surface area contributed by atoms with Gasteiger partial charge in [0.15, 0.2) is 0 Å². The quantitative estimate of drug-likeness (QED) is 0.788. The number of phenols is 1. The number of nitrogens with one attached hydrogen (secondary N) is 1. The van der Waals surface area contributed by atoms with Crippen LogP contribution in [0.5, 0.6) is 5.75 Å². The van der Waals surface area contributed by atoms with E-state index in [2.05, 4.69) is 5.32 Å². The average molecular weight is 270 g/mol. The number of aromatic hydroxyl groups is 1. The van der Waals surface area contributed by atoms with Crippen molar-refractivity contribution in [2.75, 3.05) is 6.54 Å². The van der Waals surface area contributed by atoms with Crippen molar-refractivity contribution in [3.05, 3.63) is 28.8 Å². The van der Waals surface area contributed by atoms with E-state index in [-0.39, 0.29) is 5.75 Å². The topological polar surface area (TPSA) is 52.5 Å². The molecule has 0 spiro atoms. The number of rotatable bonds is 4. The van der Waals surface area contributed by atoms with Gasteiger partial charge >= 0.3 is 0 Å². The van der Waals surface area contributed by atoms with Gasteiger partial charge in [-0.1, -0.05) is 30.9 Å². The van der Waals surface area contributed by atoms with Crippen molar-refractivity contribution in [1.29, 1.82) is 0 Å². The van der Waals surface area contributed by atoms with Gasteiger partial charge < -0.3 is 15.5 Å². The summed E-state index contributed by atoms with van der Waals surface area (Å²) in [5, 5.41) is 23.6. The van der Waals surface area contributed by atoms with E-state index < -0.39 is 5.60 Å². The summed E-state index contributed by atoms with van der Waals surface area (Å²) in [6.45, 7) is 1.15. The molecule has 0 atom stereocenters. The van der Waals surface area contributed by atoms with E-state index in [1.807, 2.05) is 0 Å². The van der Waals surface area contributed by atoms with E-state index in [9.17, 15) is 10.2 Å². The first-order valence-corrected chi connectivity index (χ1v) is 6.87. The lowest BCUT2D eigenvalue weighted by Crippen LogP contribution is -2.41. The highest BCUT2D eigenvalue weighted by molar-refractivity contribution is 6.31. The van der Waals surface area contributed by atoms with Crippen LogP contribution in [0.4, 0.5) is 0 Å². The maximum absolute atomic E-state index is 10.3. The molecule has 2 rings (SSSR count). The van der Waals surface area contributed by atoms with Crippen molar-refractivity contribution >= 4 is 11.6 Å². The maximum atomic E-state index is 10.3. The zero-order valence-corrected chi connectivity index (χ0v) is 11.2. The third-order valence-electron chi connectivity index (χ3n) is 3.58. The van der Waals surface area contributed by atoms with Crippen LogP contribution in [0.25, 0.3) is 0 Å². The first kappa shape index (κ1) is 13.7. The third-order valence-corrected chi connectivity index (χ3v) is 3.95. The standard InChI is InChI=1S/C14H20ClNO2/c15-13-5-4-12(17)8-11(13)9-16-10-14(18)6-2-1-3-7-14/h4-5,8,16-18H,1-3,6-7,9-10H2. The zero-order chi connectivity index (χ0) is 13.0. The van der Waals surface area contributed by atoms with Gasteiger partial charge in [-0.3, -0.25) is 0 Å². The molecule has 1 saturated carbocycles. The van der Waals surface area contributed by atoms with Crippen LogP contribution in [0, 0.1) is 0 Å². The van der Waals surface area contributed by atoms with Crippen molar-refractivity contribution in [3.8, 4) is 5.75 Å². The van der Waals surface area contributed by atoms with Crippen molar-refractivity contribution in [1.82, 2.24) is 5.32 Å². The first-order chi connectivity index (χ1) is 8.59. The van der Waals surface area contributed by atoms with E-state index in [1.165, 1.54) is 6.42 Å². The van der Waals surface area contributed by atoms with Crippen LogP contribution in [0.15, 0.2) is 18.2 Å². The van der Waals surface area contributed by atoms with Crippen LogP contribution in [-0.2, 0) is 6.54 Å². The molecule has 0 radical (unpaired) electrons. The van der Waals surface area contributed by atoms with E-state index in [0.717, 1.165) is 31.2 Å². The van der Waals surface area contributed by atoms with Crippen LogP contribution in [0.1, 0.15) is 37.7 Å². The van der Waals surface area contributed by atoms with Crippen LogP contribution in [-0.4, -0.2) is 22.4 Å². The Morgan fingerprint density at radius 3 is 2.67 bits per heavy atom. The van der Waals surface area contributed by atoms with Gasteiger partial charge in [-0.15, -0.1) is 0 Å². The molecule has 0 heterocycles. The Morgan fingerprint density at radius 2 is 1.94 bits per heavy atom. The zero-order valence-electron chi connectivity index (χ0n) is 10.5. The largest absolute Gasteiger partial charge is 0.508 e. The van der Waals surface area contributed by atoms with E-state index in [1.54, 1.807) is 18.2 Å². The van der Waals surface area contributed by atoms with Crippen LogP contribution in [0.3, 0.4) is 0 Å². The number of phenolic OH excluding ortho intramolecular Hbond substituents is 1. The van der Waals surface area contributed by atoms with E-state index in [0.29, 0.717) is 18.1 Å². The Balaban J connectivity index is 1.86. The molecule has 100 valence electrons. The van der Waals surface area contributed by atoms with Crippen molar-refractivity contribution in [3.63, 3.8) is 0 Å². The molecule has 1 aliphatic rings. The molecule has 0 bridgehead atoms. The predicted octanol–water partition coefficient (Wildman–Crippen LogP) is 2.83. The molecule has 1 aromatic carbocycles. The predicted molar refractivity (Wildman–Crippen MR) is 72.9 cm³/mol. The van der Waals surface area contributed by atoms with Crippen molar-refractivity contribution < 1.29 is 10.2 Å². The maximum Gasteiger partial charge on any atom is 0.116 e. The fourth-order valence-corrected chi connectivity index (χ4v) is 2.70. The van der Waals surface area contributed by atoms with Gasteiger partial charge in [0.2, 0.25) is 0 Å². The summed E-state index contributed by atoms with van der Waals surface area (Å²) < 4.78 is 0. The Labute approximate surface area is 113 Å². The SMILES string of the molecule is Oc1ccc(Cl)c(CNCC2(O)CCCCC2)c1. The second kappa shape index (κ2) is 5.91. The highest BCUT2D eigenvalue weighted by atomic mass is 35.5. The van der Waals surface area contributed by atoms with Gasteiger partial charge in [-0.05, 0) is 36.6 Å². The van der Waals surface area contributed by atoms with Crippen molar-refractivity contribution in [2.45, 2.75) is 44.2 Å². The number of benzene rings is 1. The Kier molecular flexibility index (Phi) is 4.49. The fourth-order valence-electron chi connectivity index (χ4n) is 2.51. The summed E-state index contributed by atoms with van der Waals surface area (Å²) in [7, 11) is 0. The molecule has 3 N–H and O–H groups in total. The number of aliphatic hydroxyl groups is 1. The summed E-state index contributed by atoms with van der Waals surface area (Å²) in [6.07, 6.45) is 5.17. The molecule has 0 amide bonds. The molecule has 0 saturated heterocycles. The number of hydrogen-bond acceptors (Lipinski definition) is 3. The van der Waals surface area contributed by atoms with Gasteiger partial charge in [0.25, 0.3) is 0 Å². The van der Waals surface area contributed by atoms with E-state index >= 15 is 0 Å². The second-order valence-electron chi connectivity index (χ2n) is 5.16. The summed E-state index contributed by atoms with van der Waals surface area (Å²) in [4.78, 5) is 0. The van der Waals surface area contributed by atoms with Crippen LogP contribution in [0.2, 0.25) is 5.02 Å². The van der Waals surface area contributed by atoms with Crippen LogP contribution >= 0.6 is 11.6 Å². The Bertz CT molecular complexity index is 403. The molecule has 1 fully saturated rings. The Morgan fingerprint density at radius 1 is 1.22 bits per heavy atom. The summed E-state index contributed by atoms with van der Waals surface area (Å²) >= 11 is 6.04. The third kappa shape index (κ3) is 3.61. The summed E-state index contributed by atoms with van der Waals surface area (Å²) in [6, 6.07) is 4.91. The molecule has 1 aliphatic carbocycles. The molecule has 0 aliphatic heterocycles. The molecule has 18 heavy (non-hydrogen) atoms. The molecule has 0 unspecified atom stereocenters. The van der Waals surface area contributed by atoms with Gasteiger partial charge in [-0.2, -0.15) is 0 Å². The minimum absolute atomic E-state index is 0.215. The number of hydrogen-bond donors (Lipinski definition) is 3. The normalized spacial score (nSPS) is 18.8. The molecule has 4 heteroatoms. The van der Waals surface area contributed by atoms with Gasteiger partial charge in [0.1, 0.15) is 5.75 Å². The average Bonchev–Trinajstić information content (AvgIpc) is 2.34. The molecule has 0 aromatic heterocycles. The number of halogens is 1. The lowest BCUT2D eigenvalue weighted by atomic mass is 9.85. The Hall–Kier alpha value is -0.770. The molecular formula is C14H20ClNO2. The van der Waals surface area contributed by atoms with Gasteiger partial charge in [0.05, 0.1) is 5.60 Å². The summed E-state index contributed by atoms with van der Waals surface area (Å²) in [5.74, 6) is 0.215. The highest BCUT2D eigenvalue weighted by Crippen LogP contribution is 2.27. The minimum atomic E-state index is -0.568. The lowest BCUT2D eigenvalue weighted by Gasteiger charge is -2.32. The lowest BCUT2D eigenvalue weighted by molar-refractivity contribution is 0.00468. The minimum Gasteiger partial charge on any atom is -0.508 e. The van der Waals surface area contributed by atoms with Gasteiger partial charge in [-0.25, -0.2) is 0 Å². The molecular weight excluding hydrogens is 250 g/mol. The van der Waals surface area contributed by atoms with E-state index in [4.69, 9.17) is 11.6 Å². The monoisotopic (exact) mass is 269 g/mol. The fraction of sp³-hybridized carbons (Fsp3) is 0.571. The van der Waals surface area contributed by atoms with Gasteiger partial charge in [0, 0.05) is 18.1 Å². The van der Waals surface area contributed by atoms with Crippen LogP contribution < -0.4 is 5.32 Å². The highest BCUT2D eigenvalue weighted by Gasteiger charge is 2.28. The second-order valence-corrected chi connectivity index (χ2v) is 5.57.